The van der Waals surface area contributed by atoms with Crippen LogP contribution in [0.2, 0.25) is 0 Å². The molecule has 0 aliphatic heterocycles. The molecule has 1 aromatic carbocycles. The minimum Gasteiger partial charge on any atom is -0.411 e. The molecule has 0 fully saturated rings. The highest BCUT2D eigenvalue weighted by Gasteiger charge is 1.99. The molecule has 1 aromatic rings. The number of rotatable bonds is 2. The Labute approximate surface area is 90.2 Å². The van der Waals surface area contributed by atoms with E-state index in [-0.39, 0.29) is 0 Å². The molecule has 80 valence electrons. The van der Waals surface area contributed by atoms with E-state index in [1.54, 1.807) is 6.92 Å². The Kier molecular flexibility index (Phi) is 3.61. The van der Waals surface area contributed by atoms with Crippen LogP contribution in [0, 0.1) is 13.8 Å². The summed E-state index contributed by atoms with van der Waals surface area (Å²) in [6.45, 7) is 7.62. The minimum absolute atomic E-state index is 0.536. The fraction of sp³-hybridized carbons (Fsp3) is 0.333. The van der Waals surface area contributed by atoms with Gasteiger partial charge in [-0.1, -0.05) is 11.2 Å². The molecule has 0 heterocycles. The number of oxime groups is 1. The maximum atomic E-state index is 8.60. The fourth-order valence-corrected chi connectivity index (χ4v) is 1.36. The molecule has 0 saturated carbocycles. The minimum atomic E-state index is 0.536. The van der Waals surface area contributed by atoms with E-state index in [1.807, 2.05) is 32.9 Å². The zero-order chi connectivity index (χ0) is 11.4. The SMILES string of the molecule is CC(=N\O)/C(C)=N/c1cc(C)cc(C)c1. The van der Waals surface area contributed by atoms with Gasteiger partial charge in [-0.2, -0.15) is 0 Å². The summed E-state index contributed by atoms with van der Waals surface area (Å²) in [5, 5.41) is 11.7. The molecule has 1 N–H and O–H groups in total. The summed E-state index contributed by atoms with van der Waals surface area (Å²) in [6, 6.07) is 6.10. The smallest absolute Gasteiger partial charge is 0.0976 e. The van der Waals surface area contributed by atoms with E-state index >= 15 is 0 Å². The molecule has 0 amide bonds. The first-order valence-corrected chi connectivity index (χ1v) is 4.85. The average molecular weight is 204 g/mol. The number of hydrogen-bond donors (Lipinski definition) is 1. The lowest BCUT2D eigenvalue weighted by Crippen LogP contribution is -2.04. The molecule has 3 nitrogen and oxygen atoms in total. The lowest BCUT2D eigenvalue weighted by molar-refractivity contribution is 0.320. The first-order chi connectivity index (χ1) is 7.02. The van der Waals surface area contributed by atoms with Gasteiger partial charge >= 0.3 is 0 Å². The summed E-state index contributed by atoms with van der Waals surface area (Å²) in [4.78, 5) is 4.38. The molecule has 15 heavy (non-hydrogen) atoms. The van der Waals surface area contributed by atoms with Gasteiger partial charge in [0, 0.05) is 0 Å². The molecule has 3 heteroatoms. The fourth-order valence-electron chi connectivity index (χ4n) is 1.36. The van der Waals surface area contributed by atoms with Crippen LogP contribution < -0.4 is 0 Å². The number of hydrogen-bond acceptors (Lipinski definition) is 3. The van der Waals surface area contributed by atoms with Crippen molar-refractivity contribution in [3.05, 3.63) is 29.3 Å². The van der Waals surface area contributed by atoms with Crippen molar-refractivity contribution in [2.45, 2.75) is 27.7 Å². The van der Waals surface area contributed by atoms with Gasteiger partial charge < -0.3 is 5.21 Å². The molecule has 0 aliphatic carbocycles. The molecule has 0 aliphatic rings. The van der Waals surface area contributed by atoms with Gasteiger partial charge in [-0.15, -0.1) is 0 Å². The largest absolute Gasteiger partial charge is 0.411 e. The second kappa shape index (κ2) is 4.73. The Morgan fingerprint density at radius 2 is 1.53 bits per heavy atom. The summed E-state index contributed by atoms with van der Waals surface area (Å²) in [5.74, 6) is 0. The van der Waals surface area contributed by atoms with Crippen molar-refractivity contribution in [1.82, 2.24) is 0 Å². The van der Waals surface area contributed by atoms with Gasteiger partial charge in [0.15, 0.2) is 0 Å². The van der Waals surface area contributed by atoms with Gasteiger partial charge in [0.1, 0.15) is 0 Å². The zero-order valence-corrected chi connectivity index (χ0v) is 9.57. The highest BCUT2D eigenvalue weighted by Crippen LogP contribution is 2.17. The van der Waals surface area contributed by atoms with Crippen LogP contribution >= 0.6 is 0 Å². The van der Waals surface area contributed by atoms with Crippen molar-refractivity contribution in [3.63, 3.8) is 0 Å². The Morgan fingerprint density at radius 3 is 2.00 bits per heavy atom. The molecule has 0 spiro atoms. The molecular formula is C12H16N2O. The van der Waals surface area contributed by atoms with Crippen LogP contribution in [0.5, 0.6) is 0 Å². The molecule has 0 radical (unpaired) electrons. The number of aliphatic imine (C=N–C) groups is 1. The van der Waals surface area contributed by atoms with Crippen molar-refractivity contribution in [2.75, 3.05) is 0 Å². The molecule has 0 saturated heterocycles. The van der Waals surface area contributed by atoms with Crippen LogP contribution in [0.25, 0.3) is 0 Å². The van der Waals surface area contributed by atoms with Crippen LogP contribution in [-0.2, 0) is 0 Å². The zero-order valence-electron chi connectivity index (χ0n) is 9.57. The van der Waals surface area contributed by atoms with Gasteiger partial charge in [0.25, 0.3) is 0 Å². The van der Waals surface area contributed by atoms with Crippen LogP contribution in [0.4, 0.5) is 5.69 Å². The standard InChI is InChI=1S/C12H16N2O/c1-8-5-9(2)7-12(6-8)13-10(3)11(4)14-15/h5-7,15H,1-4H3/b13-10+,14-11+. The second-order valence-electron chi connectivity index (χ2n) is 3.73. The predicted molar refractivity (Wildman–Crippen MR) is 63.6 cm³/mol. The van der Waals surface area contributed by atoms with Crippen molar-refractivity contribution >= 4 is 17.1 Å². The highest BCUT2D eigenvalue weighted by atomic mass is 16.4. The molecular weight excluding hydrogens is 188 g/mol. The first kappa shape index (κ1) is 11.4. The van der Waals surface area contributed by atoms with Crippen molar-refractivity contribution in [3.8, 4) is 0 Å². The van der Waals surface area contributed by atoms with Gasteiger partial charge in [0.05, 0.1) is 17.1 Å². The summed E-state index contributed by atoms with van der Waals surface area (Å²) in [6.07, 6.45) is 0. The van der Waals surface area contributed by atoms with Crippen molar-refractivity contribution in [1.29, 1.82) is 0 Å². The Bertz CT molecular complexity index is 399. The van der Waals surface area contributed by atoms with Crippen molar-refractivity contribution < 1.29 is 5.21 Å². The molecule has 0 atom stereocenters. The van der Waals surface area contributed by atoms with E-state index < -0.39 is 0 Å². The lowest BCUT2D eigenvalue weighted by Gasteiger charge is -2.01. The van der Waals surface area contributed by atoms with E-state index in [2.05, 4.69) is 16.2 Å². The monoisotopic (exact) mass is 204 g/mol. The van der Waals surface area contributed by atoms with Crippen LogP contribution in [0.1, 0.15) is 25.0 Å². The highest BCUT2D eigenvalue weighted by molar-refractivity contribution is 6.40. The summed E-state index contributed by atoms with van der Waals surface area (Å²) in [5.41, 5.74) is 4.52. The second-order valence-corrected chi connectivity index (χ2v) is 3.73. The van der Waals surface area contributed by atoms with E-state index in [9.17, 15) is 0 Å². The summed E-state index contributed by atoms with van der Waals surface area (Å²) >= 11 is 0. The summed E-state index contributed by atoms with van der Waals surface area (Å²) in [7, 11) is 0. The average Bonchev–Trinajstić information content (AvgIpc) is 2.14. The Morgan fingerprint density at radius 1 is 1.00 bits per heavy atom. The Hall–Kier alpha value is -1.64. The van der Waals surface area contributed by atoms with Gasteiger partial charge in [-0.3, -0.25) is 4.99 Å². The van der Waals surface area contributed by atoms with Gasteiger partial charge in [-0.05, 0) is 51.0 Å². The van der Waals surface area contributed by atoms with Crippen molar-refractivity contribution in [2.24, 2.45) is 10.1 Å². The van der Waals surface area contributed by atoms with E-state index in [1.165, 1.54) is 11.1 Å². The quantitative estimate of drug-likeness (QED) is 0.448. The van der Waals surface area contributed by atoms with Gasteiger partial charge in [-0.25, -0.2) is 0 Å². The van der Waals surface area contributed by atoms with Crippen LogP contribution in [0.15, 0.2) is 28.3 Å². The van der Waals surface area contributed by atoms with Crippen LogP contribution in [-0.4, -0.2) is 16.6 Å². The molecule has 1 rings (SSSR count). The third-order valence-electron chi connectivity index (χ3n) is 2.18. The Balaban J connectivity index is 3.08. The van der Waals surface area contributed by atoms with Crippen LogP contribution in [0.3, 0.4) is 0 Å². The lowest BCUT2D eigenvalue weighted by atomic mass is 10.1. The van der Waals surface area contributed by atoms with E-state index in [0.717, 1.165) is 11.4 Å². The molecule has 0 aromatic heterocycles. The molecule has 0 bridgehead atoms. The third kappa shape index (κ3) is 3.20. The third-order valence-corrected chi connectivity index (χ3v) is 2.18. The number of nitrogens with zero attached hydrogens (tertiary/aromatic N) is 2. The topological polar surface area (TPSA) is 45.0 Å². The maximum absolute atomic E-state index is 8.60. The normalized spacial score (nSPS) is 13.1. The summed E-state index contributed by atoms with van der Waals surface area (Å²) < 4.78 is 0. The molecule has 0 unspecified atom stereocenters. The van der Waals surface area contributed by atoms with Gasteiger partial charge in [0.2, 0.25) is 0 Å². The predicted octanol–water partition coefficient (Wildman–Crippen LogP) is 3.25. The number of benzene rings is 1. The first-order valence-electron chi connectivity index (χ1n) is 4.85. The van der Waals surface area contributed by atoms with E-state index in [4.69, 9.17) is 5.21 Å². The van der Waals surface area contributed by atoms with E-state index in [0.29, 0.717) is 5.71 Å². The maximum Gasteiger partial charge on any atom is 0.0976 e. The number of aryl methyl sites for hydroxylation is 2.